The average Bonchev–Trinajstić information content (AvgIpc) is 3.45. The Labute approximate surface area is 198 Å². The van der Waals surface area contributed by atoms with Crippen molar-refractivity contribution in [2.45, 2.75) is 32.7 Å². The number of fused-ring (bicyclic) bond motifs is 1. The number of allylic oxidation sites excluding steroid dienone is 1. The van der Waals surface area contributed by atoms with Crippen molar-refractivity contribution in [2.24, 2.45) is 0 Å². The van der Waals surface area contributed by atoms with E-state index in [-0.39, 0.29) is 16.6 Å². The highest BCUT2D eigenvalue weighted by Gasteiger charge is 2.39. The van der Waals surface area contributed by atoms with Crippen LogP contribution in [0, 0.1) is 18.2 Å². The third kappa shape index (κ3) is 3.94. The van der Waals surface area contributed by atoms with E-state index in [9.17, 15) is 9.18 Å². The van der Waals surface area contributed by atoms with Crippen LogP contribution in [0.3, 0.4) is 0 Å². The maximum Gasteiger partial charge on any atom is 0.186 e. The number of carbonyl (C=O) groups is 1. The first-order valence-corrected chi connectivity index (χ1v) is 12.3. The predicted molar refractivity (Wildman–Crippen MR) is 133 cm³/mol. The minimum Gasteiger partial charge on any atom is -0.340 e. The molecule has 5 rings (SSSR count). The average molecular weight is 477 g/mol. The zero-order valence-electron chi connectivity index (χ0n) is 18.1. The van der Waals surface area contributed by atoms with Crippen LogP contribution in [-0.4, -0.2) is 25.6 Å². The SMILES string of the molecule is CCc1nnc([C@@H]2C(=N)S/C(=C\c3c(C)n(Cc4cccc(F)c4)c4ccccc34)C2=O)s1. The summed E-state index contributed by atoms with van der Waals surface area (Å²) in [6.45, 7) is 4.53. The zero-order chi connectivity index (χ0) is 23.1. The number of benzene rings is 2. The molecule has 166 valence electrons. The van der Waals surface area contributed by atoms with Gasteiger partial charge in [-0.25, -0.2) is 4.39 Å². The monoisotopic (exact) mass is 476 g/mol. The van der Waals surface area contributed by atoms with Crippen LogP contribution in [0.1, 0.15) is 39.7 Å². The van der Waals surface area contributed by atoms with Crippen LogP contribution >= 0.6 is 23.1 Å². The Hall–Kier alpha value is -3.10. The Kier molecular flexibility index (Phi) is 5.72. The topological polar surface area (TPSA) is 71.6 Å². The molecule has 1 aliphatic heterocycles. The molecule has 1 N–H and O–H groups in total. The summed E-state index contributed by atoms with van der Waals surface area (Å²) < 4.78 is 15.9. The molecule has 1 fully saturated rings. The fourth-order valence-corrected chi connectivity index (χ4v) is 6.07. The molecule has 8 heteroatoms. The highest BCUT2D eigenvalue weighted by Crippen LogP contribution is 2.42. The van der Waals surface area contributed by atoms with Gasteiger partial charge in [0.15, 0.2) is 5.78 Å². The number of halogens is 1. The van der Waals surface area contributed by atoms with Gasteiger partial charge in [-0.2, -0.15) is 0 Å². The summed E-state index contributed by atoms with van der Waals surface area (Å²) in [6, 6.07) is 14.6. The molecule has 0 unspecified atom stereocenters. The maximum absolute atomic E-state index is 13.8. The van der Waals surface area contributed by atoms with E-state index in [2.05, 4.69) is 14.8 Å². The number of ketones is 1. The van der Waals surface area contributed by atoms with Crippen molar-refractivity contribution in [3.63, 3.8) is 0 Å². The number of rotatable bonds is 5. The second-order valence-corrected chi connectivity index (χ2v) is 10.1. The number of Topliss-reactive ketones (excluding diaryl/α,β-unsaturated/α-hetero) is 1. The molecule has 1 aliphatic rings. The fourth-order valence-electron chi connectivity index (χ4n) is 4.13. The first-order valence-electron chi connectivity index (χ1n) is 10.6. The standard InChI is InChI=1S/C25H21FN4OS2/c1-3-21-28-29-25(33-21)22-23(31)20(32-24(22)27)12-18-14(2)30(19-10-5-4-9-17(18)19)13-15-7-6-8-16(26)11-15/h4-12,22,27H,3,13H2,1-2H3/b20-12-,27-24?/t22-/m0/s1. The predicted octanol–water partition coefficient (Wildman–Crippen LogP) is 5.97. The number of hydrogen-bond donors (Lipinski definition) is 1. The summed E-state index contributed by atoms with van der Waals surface area (Å²) in [5, 5.41) is 19.5. The van der Waals surface area contributed by atoms with E-state index in [1.54, 1.807) is 12.1 Å². The molecule has 4 aromatic rings. The van der Waals surface area contributed by atoms with Crippen molar-refractivity contribution >= 4 is 50.9 Å². The number of hydrogen-bond acceptors (Lipinski definition) is 6. The van der Waals surface area contributed by atoms with Crippen molar-refractivity contribution in [1.29, 1.82) is 5.41 Å². The molecule has 2 aromatic carbocycles. The van der Waals surface area contributed by atoms with E-state index < -0.39 is 5.92 Å². The number of nitrogens with zero attached hydrogens (tertiary/aromatic N) is 3. The van der Waals surface area contributed by atoms with Gasteiger partial charge >= 0.3 is 0 Å². The summed E-state index contributed by atoms with van der Waals surface area (Å²) in [5.41, 5.74) is 3.82. The minimum absolute atomic E-state index is 0.106. The molecule has 0 radical (unpaired) electrons. The van der Waals surface area contributed by atoms with Gasteiger partial charge in [0.1, 0.15) is 21.8 Å². The molecule has 2 aromatic heterocycles. The molecule has 0 aliphatic carbocycles. The molecule has 0 spiro atoms. The van der Waals surface area contributed by atoms with E-state index in [1.165, 1.54) is 29.2 Å². The highest BCUT2D eigenvalue weighted by molar-refractivity contribution is 8.19. The number of aryl methyl sites for hydroxylation is 1. The van der Waals surface area contributed by atoms with E-state index in [0.29, 0.717) is 16.5 Å². The van der Waals surface area contributed by atoms with E-state index >= 15 is 0 Å². The zero-order valence-corrected chi connectivity index (χ0v) is 19.8. The molecule has 1 saturated heterocycles. The Bertz CT molecular complexity index is 1440. The van der Waals surface area contributed by atoms with Crippen molar-refractivity contribution in [2.75, 3.05) is 0 Å². The molecular weight excluding hydrogens is 455 g/mol. The summed E-state index contributed by atoms with van der Waals surface area (Å²) in [7, 11) is 0. The van der Waals surface area contributed by atoms with Crippen LogP contribution in [0.25, 0.3) is 17.0 Å². The van der Waals surface area contributed by atoms with Crippen LogP contribution in [0.4, 0.5) is 4.39 Å². The van der Waals surface area contributed by atoms with Crippen LogP contribution in [0.2, 0.25) is 0 Å². The lowest BCUT2D eigenvalue weighted by atomic mass is 10.0. The first-order chi connectivity index (χ1) is 16.0. The Morgan fingerprint density at radius 2 is 2.00 bits per heavy atom. The van der Waals surface area contributed by atoms with Crippen molar-refractivity contribution in [3.05, 3.63) is 86.1 Å². The Morgan fingerprint density at radius 1 is 1.18 bits per heavy atom. The number of carbonyl (C=O) groups excluding carboxylic acids is 1. The van der Waals surface area contributed by atoms with Crippen LogP contribution < -0.4 is 0 Å². The lowest BCUT2D eigenvalue weighted by molar-refractivity contribution is -0.114. The Morgan fingerprint density at radius 3 is 2.76 bits per heavy atom. The molecule has 0 amide bonds. The van der Waals surface area contributed by atoms with Crippen molar-refractivity contribution < 1.29 is 9.18 Å². The van der Waals surface area contributed by atoms with Crippen LogP contribution in [0.15, 0.2) is 53.4 Å². The van der Waals surface area contributed by atoms with Gasteiger partial charge in [-0.15, -0.1) is 21.5 Å². The molecule has 5 nitrogen and oxygen atoms in total. The third-order valence-corrected chi connectivity index (χ3v) is 7.93. The van der Waals surface area contributed by atoms with Gasteiger partial charge in [-0.05, 0) is 43.2 Å². The smallest absolute Gasteiger partial charge is 0.186 e. The molecule has 1 atom stereocenters. The fraction of sp³-hybridized carbons (Fsp3) is 0.200. The van der Waals surface area contributed by atoms with Crippen LogP contribution in [-0.2, 0) is 17.8 Å². The summed E-state index contributed by atoms with van der Waals surface area (Å²) in [4.78, 5) is 13.8. The summed E-state index contributed by atoms with van der Waals surface area (Å²) in [5.74, 6) is -1.03. The number of nitrogens with one attached hydrogen (secondary N) is 1. The highest BCUT2D eigenvalue weighted by atomic mass is 32.2. The Balaban J connectivity index is 1.56. The molecular formula is C25H21FN4OS2. The van der Waals surface area contributed by atoms with Gasteiger partial charge in [-0.1, -0.05) is 49.0 Å². The lowest BCUT2D eigenvalue weighted by Crippen LogP contribution is -2.11. The summed E-state index contributed by atoms with van der Waals surface area (Å²) >= 11 is 2.59. The maximum atomic E-state index is 13.8. The van der Waals surface area contributed by atoms with E-state index in [1.807, 2.05) is 50.3 Å². The van der Waals surface area contributed by atoms with Crippen molar-refractivity contribution in [3.8, 4) is 0 Å². The van der Waals surface area contributed by atoms with Gasteiger partial charge in [0.05, 0.1) is 9.95 Å². The lowest BCUT2D eigenvalue weighted by Gasteiger charge is -2.09. The molecule has 3 heterocycles. The number of aromatic nitrogens is 3. The number of para-hydroxylation sites is 1. The third-order valence-electron chi connectivity index (χ3n) is 5.80. The summed E-state index contributed by atoms with van der Waals surface area (Å²) in [6.07, 6.45) is 2.65. The molecule has 0 bridgehead atoms. The normalized spacial score (nSPS) is 17.5. The van der Waals surface area contributed by atoms with Gasteiger partial charge in [-0.3, -0.25) is 10.2 Å². The first kappa shape index (κ1) is 21.7. The van der Waals surface area contributed by atoms with Gasteiger partial charge < -0.3 is 4.57 Å². The van der Waals surface area contributed by atoms with Crippen molar-refractivity contribution in [1.82, 2.24) is 14.8 Å². The second kappa shape index (κ2) is 8.68. The molecule has 0 saturated carbocycles. The quantitative estimate of drug-likeness (QED) is 0.360. The van der Waals surface area contributed by atoms with Gasteiger partial charge in [0.25, 0.3) is 0 Å². The largest absolute Gasteiger partial charge is 0.340 e. The van der Waals surface area contributed by atoms with Gasteiger partial charge in [0, 0.05) is 28.7 Å². The number of thioether (sulfide) groups is 1. The molecule has 33 heavy (non-hydrogen) atoms. The van der Waals surface area contributed by atoms with E-state index in [4.69, 9.17) is 5.41 Å². The van der Waals surface area contributed by atoms with Crippen LogP contribution in [0.5, 0.6) is 0 Å². The van der Waals surface area contributed by atoms with E-state index in [0.717, 1.165) is 39.2 Å². The van der Waals surface area contributed by atoms with Gasteiger partial charge in [0.2, 0.25) is 0 Å². The minimum atomic E-state index is -0.667. The second-order valence-electron chi connectivity index (χ2n) is 7.89.